The van der Waals surface area contributed by atoms with Crippen molar-refractivity contribution >= 4 is 0 Å². The number of aliphatic hydroxyl groups is 1. The van der Waals surface area contributed by atoms with Crippen LogP contribution in [0.15, 0.2) is 18.3 Å². The van der Waals surface area contributed by atoms with Gasteiger partial charge in [0, 0.05) is 25.3 Å². The minimum atomic E-state index is -0.261. The SMILES string of the molecule is COc1cc(C2CC(O)CCO2)ccn1. The maximum absolute atomic E-state index is 9.54. The molecule has 1 N–H and O–H groups in total. The van der Waals surface area contributed by atoms with Gasteiger partial charge in [0.2, 0.25) is 5.88 Å². The van der Waals surface area contributed by atoms with Crippen LogP contribution in [0.25, 0.3) is 0 Å². The van der Waals surface area contributed by atoms with Crippen LogP contribution in [0.1, 0.15) is 24.5 Å². The smallest absolute Gasteiger partial charge is 0.213 e. The summed E-state index contributed by atoms with van der Waals surface area (Å²) in [6.45, 7) is 0.608. The fourth-order valence-electron chi connectivity index (χ4n) is 1.75. The van der Waals surface area contributed by atoms with Gasteiger partial charge in [-0.05, 0) is 18.1 Å². The van der Waals surface area contributed by atoms with E-state index in [-0.39, 0.29) is 12.2 Å². The Morgan fingerprint density at radius 1 is 1.60 bits per heavy atom. The quantitative estimate of drug-likeness (QED) is 0.797. The summed E-state index contributed by atoms with van der Waals surface area (Å²) in [6.07, 6.45) is 2.76. The van der Waals surface area contributed by atoms with Crippen molar-refractivity contribution in [2.75, 3.05) is 13.7 Å². The number of hydrogen-bond donors (Lipinski definition) is 1. The van der Waals surface area contributed by atoms with E-state index in [9.17, 15) is 5.11 Å². The molecule has 1 saturated heterocycles. The molecule has 2 unspecified atom stereocenters. The van der Waals surface area contributed by atoms with Crippen LogP contribution in [0, 0.1) is 0 Å². The molecule has 1 aromatic rings. The number of ether oxygens (including phenoxy) is 2. The van der Waals surface area contributed by atoms with E-state index in [1.165, 1.54) is 0 Å². The third kappa shape index (κ3) is 2.46. The van der Waals surface area contributed by atoms with Crippen LogP contribution in [-0.2, 0) is 4.74 Å². The van der Waals surface area contributed by atoms with E-state index < -0.39 is 0 Å². The molecule has 0 bridgehead atoms. The van der Waals surface area contributed by atoms with Crippen LogP contribution in [0.4, 0.5) is 0 Å². The molecule has 0 aromatic carbocycles. The zero-order valence-corrected chi connectivity index (χ0v) is 8.72. The first-order valence-corrected chi connectivity index (χ1v) is 5.09. The van der Waals surface area contributed by atoms with Crippen LogP contribution < -0.4 is 4.74 Å². The van der Waals surface area contributed by atoms with Crippen LogP contribution in [-0.4, -0.2) is 29.9 Å². The van der Waals surface area contributed by atoms with Gasteiger partial charge in [-0.2, -0.15) is 0 Å². The number of rotatable bonds is 2. The Morgan fingerprint density at radius 3 is 3.20 bits per heavy atom. The topological polar surface area (TPSA) is 51.6 Å². The van der Waals surface area contributed by atoms with Gasteiger partial charge in [-0.25, -0.2) is 4.98 Å². The summed E-state index contributed by atoms with van der Waals surface area (Å²) < 4.78 is 10.6. The Bertz CT molecular complexity index is 329. The summed E-state index contributed by atoms with van der Waals surface area (Å²) in [5, 5.41) is 9.54. The second kappa shape index (κ2) is 4.59. The van der Waals surface area contributed by atoms with Gasteiger partial charge in [-0.1, -0.05) is 0 Å². The van der Waals surface area contributed by atoms with Gasteiger partial charge < -0.3 is 14.6 Å². The fraction of sp³-hybridized carbons (Fsp3) is 0.545. The lowest BCUT2D eigenvalue weighted by molar-refractivity contribution is -0.0448. The van der Waals surface area contributed by atoms with Crippen molar-refractivity contribution in [1.29, 1.82) is 0 Å². The third-order valence-electron chi connectivity index (χ3n) is 2.60. The highest BCUT2D eigenvalue weighted by Crippen LogP contribution is 2.29. The molecule has 2 atom stereocenters. The summed E-state index contributed by atoms with van der Waals surface area (Å²) in [4.78, 5) is 4.03. The molecule has 0 aliphatic carbocycles. The van der Waals surface area contributed by atoms with Crippen LogP contribution in [0.3, 0.4) is 0 Å². The molecule has 1 aromatic heterocycles. The molecule has 4 heteroatoms. The van der Waals surface area contributed by atoms with E-state index in [0.717, 1.165) is 12.0 Å². The molecule has 0 amide bonds. The summed E-state index contributed by atoms with van der Waals surface area (Å²) in [5.74, 6) is 0.580. The number of methoxy groups -OCH3 is 1. The summed E-state index contributed by atoms with van der Waals surface area (Å²) in [7, 11) is 1.59. The van der Waals surface area contributed by atoms with E-state index >= 15 is 0 Å². The Hall–Kier alpha value is -1.13. The maximum Gasteiger partial charge on any atom is 0.213 e. The van der Waals surface area contributed by atoms with E-state index in [1.54, 1.807) is 13.3 Å². The lowest BCUT2D eigenvalue weighted by Crippen LogP contribution is -2.23. The minimum Gasteiger partial charge on any atom is -0.481 e. The van der Waals surface area contributed by atoms with E-state index in [1.807, 2.05) is 12.1 Å². The van der Waals surface area contributed by atoms with Crippen molar-refractivity contribution in [3.05, 3.63) is 23.9 Å². The molecule has 1 aliphatic rings. The van der Waals surface area contributed by atoms with Crippen molar-refractivity contribution in [1.82, 2.24) is 4.98 Å². The standard InChI is InChI=1S/C11H15NO3/c1-14-11-6-8(2-4-12-11)10-7-9(13)3-5-15-10/h2,4,6,9-10,13H,3,5,7H2,1H3. The molecule has 0 saturated carbocycles. The summed E-state index contributed by atoms with van der Waals surface area (Å²) >= 11 is 0. The van der Waals surface area contributed by atoms with E-state index in [0.29, 0.717) is 18.9 Å². The van der Waals surface area contributed by atoms with Crippen molar-refractivity contribution < 1.29 is 14.6 Å². The second-order valence-electron chi connectivity index (χ2n) is 3.67. The zero-order chi connectivity index (χ0) is 10.7. The lowest BCUT2D eigenvalue weighted by Gasteiger charge is -2.26. The van der Waals surface area contributed by atoms with Gasteiger partial charge >= 0.3 is 0 Å². The van der Waals surface area contributed by atoms with Crippen molar-refractivity contribution in [3.63, 3.8) is 0 Å². The Labute approximate surface area is 88.9 Å². The molecular weight excluding hydrogens is 194 g/mol. The first kappa shape index (κ1) is 10.4. The minimum absolute atomic E-state index is 0.0364. The molecule has 1 aliphatic heterocycles. The summed E-state index contributed by atoms with van der Waals surface area (Å²) in [6, 6.07) is 3.74. The highest BCUT2D eigenvalue weighted by molar-refractivity contribution is 5.23. The molecule has 0 spiro atoms. The van der Waals surface area contributed by atoms with Crippen LogP contribution in [0.5, 0.6) is 5.88 Å². The van der Waals surface area contributed by atoms with Crippen molar-refractivity contribution in [2.24, 2.45) is 0 Å². The highest BCUT2D eigenvalue weighted by Gasteiger charge is 2.22. The average Bonchev–Trinajstić information content (AvgIpc) is 2.29. The molecular formula is C11H15NO3. The zero-order valence-electron chi connectivity index (χ0n) is 8.72. The first-order chi connectivity index (χ1) is 7.29. The van der Waals surface area contributed by atoms with Gasteiger partial charge in [0.15, 0.2) is 0 Å². The lowest BCUT2D eigenvalue weighted by atomic mass is 10.0. The van der Waals surface area contributed by atoms with Crippen molar-refractivity contribution in [2.45, 2.75) is 25.0 Å². The molecule has 82 valence electrons. The Kier molecular flexibility index (Phi) is 3.18. The number of aromatic nitrogens is 1. The predicted molar refractivity (Wildman–Crippen MR) is 54.7 cm³/mol. The summed E-state index contributed by atoms with van der Waals surface area (Å²) in [5.41, 5.74) is 1.01. The van der Waals surface area contributed by atoms with Gasteiger partial charge in [-0.15, -0.1) is 0 Å². The van der Waals surface area contributed by atoms with E-state index in [2.05, 4.69) is 4.98 Å². The average molecular weight is 209 g/mol. The van der Waals surface area contributed by atoms with Gasteiger partial charge in [0.25, 0.3) is 0 Å². The van der Waals surface area contributed by atoms with Gasteiger partial charge in [0.05, 0.1) is 19.3 Å². The normalized spacial score (nSPS) is 26.3. The number of pyridine rings is 1. The molecule has 15 heavy (non-hydrogen) atoms. The monoisotopic (exact) mass is 209 g/mol. The van der Waals surface area contributed by atoms with Crippen LogP contribution in [0.2, 0.25) is 0 Å². The number of hydrogen-bond acceptors (Lipinski definition) is 4. The Balaban J connectivity index is 2.13. The van der Waals surface area contributed by atoms with E-state index in [4.69, 9.17) is 9.47 Å². The largest absolute Gasteiger partial charge is 0.481 e. The highest BCUT2D eigenvalue weighted by atomic mass is 16.5. The molecule has 1 fully saturated rings. The number of aliphatic hydroxyl groups excluding tert-OH is 1. The third-order valence-corrected chi connectivity index (χ3v) is 2.60. The molecule has 2 rings (SSSR count). The predicted octanol–water partition coefficient (Wildman–Crippen LogP) is 1.30. The molecule has 2 heterocycles. The maximum atomic E-state index is 9.54. The molecule has 0 radical (unpaired) electrons. The van der Waals surface area contributed by atoms with Gasteiger partial charge in [-0.3, -0.25) is 0 Å². The molecule has 4 nitrogen and oxygen atoms in total. The van der Waals surface area contributed by atoms with Gasteiger partial charge in [0.1, 0.15) is 0 Å². The van der Waals surface area contributed by atoms with Crippen molar-refractivity contribution in [3.8, 4) is 5.88 Å². The van der Waals surface area contributed by atoms with Crippen LogP contribution >= 0.6 is 0 Å². The second-order valence-corrected chi connectivity index (χ2v) is 3.67. The first-order valence-electron chi connectivity index (χ1n) is 5.09. The Morgan fingerprint density at radius 2 is 2.47 bits per heavy atom. The fourth-order valence-corrected chi connectivity index (χ4v) is 1.75. The number of nitrogens with zero attached hydrogens (tertiary/aromatic N) is 1.